The molecule has 0 radical (unpaired) electrons. The second kappa shape index (κ2) is 6.06. The molecule has 0 saturated carbocycles. The van der Waals surface area contributed by atoms with Crippen molar-refractivity contribution >= 4 is 45.4 Å². The first-order valence-electron chi connectivity index (χ1n) is 9.53. The molecule has 28 heavy (non-hydrogen) atoms. The molecule has 5 heterocycles. The molecular weight excluding hydrogens is 344 g/mol. The van der Waals surface area contributed by atoms with Crippen LogP contribution in [0.25, 0.3) is 45.4 Å². The van der Waals surface area contributed by atoms with Gasteiger partial charge in [0.25, 0.3) is 0 Å². The van der Waals surface area contributed by atoms with E-state index in [-0.39, 0.29) is 0 Å². The number of H-pyrrole nitrogens is 2. The third-order valence-electron chi connectivity index (χ3n) is 5.47. The largest absolute Gasteiger partial charge is 0.354 e. The summed E-state index contributed by atoms with van der Waals surface area (Å²) in [4.78, 5) is 16.7. The summed E-state index contributed by atoms with van der Waals surface area (Å²) in [5, 5.41) is 0. The molecule has 0 aliphatic carbocycles. The summed E-state index contributed by atoms with van der Waals surface area (Å²) in [5.41, 5.74) is 12.9. The lowest BCUT2D eigenvalue weighted by Gasteiger charge is -1.90. The lowest BCUT2D eigenvalue weighted by atomic mass is 10.2. The molecule has 0 fully saturated rings. The van der Waals surface area contributed by atoms with Crippen LogP contribution >= 0.6 is 0 Å². The van der Waals surface area contributed by atoms with Gasteiger partial charge in [-0.15, -0.1) is 0 Å². The van der Waals surface area contributed by atoms with Crippen LogP contribution in [0, 0.1) is 13.8 Å². The van der Waals surface area contributed by atoms with Crippen molar-refractivity contribution in [3.63, 3.8) is 0 Å². The van der Waals surface area contributed by atoms with Crippen molar-refractivity contribution in [1.82, 2.24) is 19.9 Å². The van der Waals surface area contributed by atoms with Crippen molar-refractivity contribution < 1.29 is 0 Å². The quantitative estimate of drug-likeness (QED) is 0.508. The molecule has 2 N–H and O–H groups in total. The van der Waals surface area contributed by atoms with Crippen LogP contribution in [0.4, 0.5) is 0 Å². The smallest absolute Gasteiger partial charge is 0.0875 e. The van der Waals surface area contributed by atoms with Crippen LogP contribution in [-0.2, 0) is 0 Å². The molecular formula is C24H22N4. The molecule has 4 heteroatoms. The molecule has 0 spiro atoms. The first-order valence-corrected chi connectivity index (χ1v) is 9.53. The van der Waals surface area contributed by atoms with Crippen LogP contribution in [0.15, 0.2) is 36.4 Å². The van der Waals surface area contributed by atoms with Crippen LogP contribution in [0.1, 0.15) is 47.8 Å². The van der Waals surface area contributed by atoms with Gasteiger partial charge in [-0.25, -0.2) is 9.97 Å². The van der Waals surface area contributed by atoms with Gasteiger partial charge in [0.05, 0.1) is 33.8 Å². The highest BCUT2D eigenvalue weighted by molar-refractivity contribution is 5.89. The SMILES string of the molecule is CC1=Cc2nc1ccc1nc(c3cc(C)c(ccc4[nH]c2cc4C)[nH]3)C=C1C. The number of aromatic nitrogens is 4. The minimum Gasteiger partial charge on any atom is -0.354 e. The molecule has 3 aromatic rings. The Labute approximate surface area is 163 Å². The van der Waals surface area contributed by atoms with Crippen molar-refractivity contribution in [1.29, 1.82) is 0 Å². The third kappa shape index (κ3) is 2.69. The Balaban J connectivity index is 1.91. The van der Waals surface area contributed by atoms with E-state index in [1.807, 2.05) is 0 Å². The first-order chi connectivity index (χ1) is 13.5. The maximum Gasteiger partial charge on any atom is 0.0875 e. The number of nitrogens with one attached hydrogen (secondary N) is 2. The van der Waals surface area contributed by atoms with E-state index in [9.17, 15) is 0 Å². The van der Waals surface area contributed by atoms with Crippen LogP contribution in [0.3, 0.4) is 0 Å². The number of aromatic amines is 2. The van der Waals surface area contributed by atoms with Gasteiger partial charge in [0, 0.05) is 11.0 Å². The number of aryl methyl sites for hydroxylation is 2. The summed E-state index contributed by atoms with van der Waals surface area (Å²) in [7, 11) is 0. The Hall–Kier alpha value is -3.40. The van der Waals surface area contributed by atoms with Gasteiger partial charge in [-0.3, -0.25) is 0 Å². The van der Waals surface area contributed by atoms with E-state index in [4.69, 9.17) is 9.97 Å². The Morgan fingerprint density at radius 3 is 1.43 bits per heavy atom. The number of nitrogens with zero attached hydrogens (tertiary/aromatic N) is 2. The summed E-state index contributed by atoms with van der Waals surface area (Å²) in [6, 6.07) is 12.7. The number of fused-ring (bicyclic) bond motifs is 10. The Kier molecular flexibility index (Phi) is 3.63. The summed E-state index contributed by atoms with van der Waals surface area (Å²) in [6.07, 6.45) is 4.27. The zero-order chi connectivity index (χ0) is 19.4. The number of hydrogen-bond acceptors (Lipinski definition) is 2. The fraction of sp³-hybridized carbons (Fsp3) is 0.167. The minimum atomic E-state index is 0.971. The van der Waals surface area contributed by atoms with Gasteiger partial charge < -0.3 is 9.97 Å². The molecule has 3 aromatic heterocycles. The van der Waals surface area contributed by atoms with E-state index in [1.165, 1.54) is 11.1 Å². The van der Waals surface area contributed by atoms with Gasteiger partial charge in [-0.1, -0.05) is 0 Å². The molecule has 4 nitrogen and oxygen atoms in total. The summed E-state index contributed by atoms with van der Waals surface area (Å²) in [6.45, 7) is 8.44. The van der Waals surface area contributed by atoms with Crippen molar-refractivity contribution in [2.24, 2.45) is 0 Å². The zero-order valence-corrected chi connectivity index (χ0v) is 16.5. The lowest BCUT2D eigenvalue weighted by molar-refractivity contribution is 1.28. The predicted octanol–water partition coefficient (Wildman–Crippen LogP) is 6.05. The second-order valence-corrected chi connectivity index (χ2v) is 7.65. The number of hydrogen-bond donors (Lipinski definition) is 2. The molecule has 0 aromatic carbocycles. The van der Waals surface area contributed by atoms with E-state index in [1.54, 1.807) is 0 Å². The number of allylic oxidation sites excluding steroid dienone is 2. The fourth-order valence-electron chi connectivity index (χ4n) is 3.77. The van der Waals surface area contributed by atoms with Crippen LogP contribution in [0.2, 0.25) is 0 Å². The van der Waals surface area contributed by atoms with Crippen molar-refractivity contribution in [3.05, 3.63) is 70.3 Å². The first kappa shape index (κ1) is 16.8. The summed E-state index contributed by atoms with van der Waals surface area (Å²) >= 11 is 0. The van der Waals surface area contributed by atoms with Crippen molar-refractivity contribution in [2.45, 2.75) is 27.7 Å². The lowest BCUT2D eigenvalue weighted by Crippen LogP contribution is -1.79. The molecule has 0 atom stereocenters. The van der Waals surface area contributed by atoms with Gasteiger partial charge in [0.15, 0.2) is 0 Å². The molecule has 138 valence electrons. The second-order valence-electron chi connectivity index (χ2n) is 7.65. The number of rotatable bonds is 0. The monoisotopic (exact) mass is 366 g/mol. The van der Waals surface area contributed by atoms with Crippen molar-refractivity contribution in [2.75, 3.05) is 0 Å². The normalized spacial score (nSPS) is 13.4. The average molecular weight is 366 g/mol. The molecule has 0 amide bonds. The standard InChI is InChI=1S/C24H22N4/c1-13-9-21-22-10-14(2)19(26-22)7-8-20-16(4)12-24(28-20)23-11-15(3)18(27-23)6-5-17(13)25-21/h5-12,25,27H,1-4H3. The highest BCUT2D eigenvalue weighted by Gasteiger charge is 2.11. The molecule has 2 aliphatic heterocycles. The fourth-order valence-corrected chi connectivity index (χ4v) is 3.77. The predicted molar refractivity (Wildman–Crippen MR) is 118 cm³/mol. The molecule has 2 aliphatic rings. The minimum absolute atomic E-state index is 0.971. The Bertz CT molecular complexity index is 1240. The van der Waals surface area contributed by atoms with Crippen molar-refractivity contribution in [3.8, 4) is 0 Å². The van der Waals surface area contributed by atoms with E-state index in [0.29, 0.717) is 0 Å². The highest BCUT2D eigenvalue weighted by atomic mass is 14.8. The van der Waals surface area contributed by atoms with Crippen LogP contribution in [0.5, 0.6) is 0 Å². The molecule has 8 bridgehead atoms. The Morgan fingerprint density at radius 2 is 1.00 bits per heavy atom. The maximum atomic E-state index is 4.83. The molecule has 5 rings (SSSR count). The topological polar surface area (TPSA) is 57.4 Å². The zero-order valence-electron chi connectivity index (χ0n) is 16.5. The third-order valence-corrected chi connectivity index (χ3v) is 5.47. The summed E-state index contributed by atoms with van der Waals surface area (Å²) < 4.78 is 0. The van der Waals surface area contributed by atoms with Gasteiger partial charge in [-0.05, 0) is 98.5 Å². The van der Waals surface area contributed by atoms with E-state index < -0.39 is 0 Å². The van der Waals surface area contributed by atoms with Crippen LogP contribution in [-0.4, -0.2) is 19.9 Å². The average Bonchev–Trinajstić information content (AvgIpc) is 3.39. The molecule has 0 saturated heterocycles. The van der Waals surface area contributed by atoms with Gasteiger partial charge in [0.1, 0.15) is 0 Å². The molecule has 0 unspecified atom stereocenters. The Morgan fingerprint density at radius 1 is 0.571 bits per heavy atom. The van der Waals surface area contributed by atoms with Gasteiger partial charge in [-0.2, -0.15) is 0 Å². The van der Waals surface area contributed by atoms with Crippen LogP contribution < -0.4 is 0 Å². The highest BCUT2D eigenvalue weighted by Crippen LogP contribution is 2.27. The van der Waals surface area contributed by atoms with E-state index in [0.717, 1.165) is 56.0 Å². The maximum absolute atomic E-state index is 4.83. The van der Waals surface area contributed by atoms with Gasteiger partial charge >= 0.3 is 0 Å². The van der Waals surface area contributed by atoms with E-state index in [2.05, 4.69) is 86.2 Å². The van der Waals surface area contributed by atoms with Gasteiger partial charge in [0.2, 0.25) is 0 Å². The van der Waals surface area contributed by atoms with E-state index >= 15 is 0 Å². The summed E-state index contributed by atoms with van der Waals surface area (Å²) in [5.74, 6) is 0.